The summed E-state index contributed by atoms with van der Waals surface area (Å²) in [4.78, 5) is 15.7. The van der Waals surface area contributed by atoms with Crippen LogP contribution in [-0.2, 0) is 16.6 Å². The first kappa shape index (κ1) is 23.6. The van der Waals surface area contributed by atoms with Crippen LogP contribution in [0.15, 0.2) is 72.8 Å². The molecule has 5 nitrogen and oxygen atoms in total. The molecule has 0 aromatic heterocycles. The third-order valence-corrected chi connectivity index (χ3v) is 9.28. The molecule has 2 aliphatic carbocycles. The lowest BCUT2D eigenvalue weighted by Gasteiger charge is -2.56. The first-order valence-electron chi connectivity index (χ1n) is 13.3. The normalized spacial score (nSPS) is 29.4. The van der Waals surface area contributed by atoms with Crippen molar-refractivity contribution in [1.29, 1.82) is 0 Å². The number of nitrogens with zero attached hydrogens (tertiary/aromatic N) is 1. The molecule has 3 aromatic carbocycles. The number of hydrogen-bond acceptors (Lipinski definition) is 5. The summed E-state index contributed by atoms with van der Waals surface area (Å²) in [5.41, 5.74) is 3.80. The number of carbonyl (C=O) groups is 1. The summed E-state index contributed by atoms with van der Waals surface area (Å²) in [5, 5.41) is 10.9. The molecule has 0 radical (unpaired) electrons. The van der Waals surface area contributed by atoms with Crippen molar-refractivity contribution in [2.45, 2.75) is 49.3 Å². The largest absolute Gasteiger partial charge is 0.482 e. The summed E-state index contributed by atoms with van der Waals surface area (Å²) in [5.74, 6) is -0.345. The van der Waals surface area contributed by atoms with E-state index in [1.165, 1.54) is 11.6 Å². The van der Waals surface area contributed by atoms with Crippen LogP contribution in [-0.4, -0.2) is 47.8 Å². The Labute approximate surface area is 221 Å². The molecule has 2 aliphatic heterocycles. The molecule has 0 amide bonds. The van der Waals surface area contributed by atoms with E-state index in [1.807, 2.05) is 48.5 Å². The van der Waals surface area contributed by atoms with Crippen LogP contribution < -0.4 is 9.47 Å². The lowest BCUT2D eigenvalue weighted by atomic mass is 9.53. The maximum atomic E-state index is 15.0. The number of halogens is 1. The second kappa shape index (κ2) is 8.52. The van der Waals surface area contributed by atoms with Crippen LogP contribution in [0, 0.1) is 11.7 Å². The molecule has 1 fully saturated rings. The molecule has 7 rings (SSSR count). The molecule has 2 bridgehead atoms. The summed E-state index contributed by atoms with van der Waals surface area (Å²) in [6, 6.07) is 18.4. The maximum absolute atomic E-state index is 15.0. The Balaban J connectivity index is 1.20. The Bertz CT molecular complexity index is 1470. The predicted octanol–water partition coefficient (Wildman–Crippen LogP) is 5.01. The Morgan fingerprint density at radius 1 is 1.16 bits per heavy atom. The SMILES string of the molecule is CC(C(=O)Oc1ccc2c3c1O[C@H]1[C@@H](O)C=C[C@H]4[C@@H](C2)N(C)CC[C@@]341)c1ccc(-c2ccccc2)c(F)c1. The van der Waals surface area contributed by atoms with Crippen molar-refractivity contribution in [3.63, 3.8) is 0 Å². The monoisotopic (exact) mass is 511 g/mol. The molecule has 1 spiro atoms. The minimum atomic E-state index is -0.720. The first-order valence-corrected chi connectivity index (χ1v) is 13.3. The minimum Gasteiger partial charge on any atom is -0.482 e. The van der Waals surface area contributed by atoms with Gasteiger partial charge in [-0.15, -0.1) is 0 Å². The van der Waals surface area contributed by atoms with Crippen molar-refractivity contribution < 1.29 is 23.8 Å². The second-order valence-corrected chi connectivity index (χ2v) is 11.2. The van der Waals surface area contributed by atoms with Gasteiger partial charge in [0.1, 0.15) is 18.0 Å². The highest BCUT2D eigenvalue weighted by atomic mass is 19.1. The highest BCUT2D eigenvalue weighted by Crippen LogP contribution is 2.62. The number of carbonyl (C=O) groups excluding carboxylic acids is 1. The number of likely N-dealkylation sites (N-methyl/N-ethyl adjacent to an activating group) is 1. The molecule has 6 heteroatoms. The lowest BCUT2D eigenvalue weighted by Crippen LogP contribution is -2.64. The number of ether oxygens (including phenoxy) is 2. The van der Waals surface area contributed by atoms with Gasteiger partial charge in [0.15, 0.2) is 11.5 Å². The third-order valence-electron chi connectivity index (χ3n) is 9.28. The average molecular weight is 512 g/mol. The van der Waals surface area contributed by atoms with E-state index in [0.29, 0.717) is 28.7 Å². The van der Waals surface area contributed by atoms with E-state index in [4.69, 9.17) is 9.47 Å². The number of piperidine rings is 1. The van der Waals surface area contributed by atoms with Crippen molar-refractivity contribution in [3.8, 4) is 22.6 Å². The quantitative estimate of drug-likeness (QED) is 0.303. The lowest BCUT2D eigenvalue weighted by molar-refractivity contribution is -0.135. The number of esters is 1. The molecule has 1 N–H and O–H groups in total. The molecule has 38 heavy (non-hydrogen) atoms. The van der Waals surface area contributed by atoms with Crippen molar-refractivity contribution in [2.75, 3.05) is 13.6 Å². The fraction of sp³-hybridized carbons (Fsp3) is 0.344. The van der Waals surface area contributed by atoms with Gasteiger partial charge in [0, 0.05) is 28.5 Å². The maximum Gasteiger partial charge on any atom is 0.318 e. The number of hydrogen-bond donors (Lipinski definition) is 1. The zero-order valence-corrected chi connectivity index (χ0v) is 21.4. The van der Waals surface area contributed by atoms with Crippen LogP contribution >= 0.6 is 0 Å². The fourth-order valence-corrected chi connectivity index (χ4v) is 7.29. The van der Waals surface area contributed by atoms with E-state index in [1.54, 1.807) is 19.1 Å². The van der Waals surface area contributed by atoms with Crippen LogP contribution in [0.1, 0.15) is 36.0 Å². The van der Waals surface area contributed by atoms with E-state index >= 15 is 4.39 Å². The number of rotatable bonds is 4. The summed E-state index contributed by atoms with van der Waals surface area (Å²) in [6.07, 6.45) is 4.66. The highest BCUT2D eigenvalue weighted by Gasteiger charge is 2.64. The Morgan fingerprint density at radius 3 is 2.76 bits per heavy atom. The molecule has 6 atom stereocenters. The standard InChI is InChI=1S/C32H30FNO4/c1-18(20-8-10-22(24(33)16-20)19-6-4-3-5-7-19)31(36)37-27-13-9-21-17-25-23-11-12-26(35)30-32(23,14-15-34(25)2)28(21)29(27)38-30/h3-13,16,18,23,25-26,30,35H,14-15,17H2,1-2H3/t18?,23-,25+,26-,30-,32-/m0/s1. The number of aliphatic hydroxyl groups excluding tert-OH is 1. The molecule has 1 unspecified atom stereocenters. The van der Waals surface area contributed by atoms with Gasteiger partial charge in [0.25, 0.3) is 0 Å². The molecular formula is C32H30FNO4. The van der Waals surface area contributed by atoms with Crippen molar-refractivity contribution in [3.05, 3.63) is 95.3 Å². The van der Waals surface area contributed by atoms with Gasteiger partial charge in [-0.05, 0) is 62.2 Å². The zero-order valence-electron chi connectivity index (χ0n) is 21.4. The van der Waals surface area contributed by atoms with E-state index in [-0.39, 0.29) is 17.2 Å². The van der Waals surface area contributed by atoms with Crippen LogP contribution in [0.5, 0.6) is 11.5 Å². The summed E-state index contributed by atoms with van der Waals surface area (Å²) < 4.78 is 27.4. The predicted molar refractivity (Wildman–Crippen MR) is 142 cm³/mol. The minimum absolute atomic E-state index is 0.236. The van der Waals surface area contributed by atoms with E-state index in [0.717, 1.165) is 30.5 Å². The van der Waals surface area contributed by atoms with Crippen molar-refractivity contribution in [2.24, 2.45) is 5.92 Å². The molecule has 4 aliphatic rings. The van der Waals surface area contributed by atoms with Gasteiger partial charge in [-0.25, -0.2) is 4.39 Å². The van der Waals surface area contributed by atoms with Gasteiger partial charge in [-0.1, -0.05) is 60.7 Å². The van der Waals surface area contributed by atoms with Crippen LogP contribution in [0.3, 0.4) is 0 Å². The van der Waals surface area contributed by atoms with E-state index in [2.05, 4.69) is 18.0 Å². The molecule has 1 saturated heterocycles. The summed E-state index contributed by atoms with van der Waals surface area (Å²) in [6.45, 7) is 2.65. The molecule has 3 aromatic rings. The Kier molecular flexibility index (Phi) is 5.29. The molecule has 2 heterocycles. The molecule has 194 valence electrons. The van der Waals surface area contributed by atoms with E-state index < -0.39 is 24.1 Å². The second-order valence-electron chi connectivity index (χ2n) is 11.2. The Hall–Kier alpha value is -3.48. The number of likely N-dealkylation sites (tertiary alicyclic amines) is 1. The average Bonchev–Trinajstić information content (AvgIpc) is 3.28. The van der Waals surface area contributed by atoms with Gasteiger partial charge >= 0.3 is 5.97 Å². The topological polar surface area (TPSA) is 59.0 Å². The highest BCUT2D eigenvalue weighted by molar-refractivity contribution is 5.81. The Morgan fingerprint density at radius 2 is 1.97 bits per heavy atom. The van der Waals surface area contributed by atoms with Crippen molar-refractivity contribution >= 4 is 5.97 Å². The first-order chi connectivity index (χ1) is 18.4. The van der Waals surface area contributed by atoms with Crippen LogP contribution in [0.25, 0.3) is 11.1 Å². The zero-order chi connectivity index (χ0) is 26.2. The van der Waals surface area contributed by atoms with Crippen molar-refractivity contribution in [1.82, 2.24) is 4.90 Å². The molecular weight excluding hydrogens is 481 g/mol. The fourth-order valence-electron chi connectivity index (χ4n) is 7.29. The number of aliphatic hydroxyl groups is 1. The number of benzene rings is 3. The van der Waals surface area contributed by atoms with E-state index in [9.17, 15) is 9.90 Å². The third kappa shape index (κ3) is 3.26. The van der Waals surface area contributed by atoms with Gasteiger partial charge in [-0.3, -0.25) is 4.79 Å². The summed E-state index contributed by atoms with van der Waals surface area (Å²) in [7, 11) is 2.17. The van der Waals surface area contributed by atoms with Crippen LogP contribution in [0.2, 0.25) is 0 Å². The molecule has 0 saturated carbocycles. The summed E-state index contributed by atoms with van der Waals surface area (Å²) >= 11 is 0. The van der Waals surface area contributed by atoms with Gasteiger partial charge in [0.05, 0.1) is 5.92 Å². The smallest absolute Gasteiger partial charge is 0.318 e. The van der Waals surface area contributed by atoms with Gasteiger partial charge in [-0.2, -0.15) is 0 Å². The van der Waals surface area contributed by atoms with Crippen LogP contribution in [0.4, 0.5) is 4.39 Å². The van der Waals surface area contributed by atoms with Gasteiger partial charge < -0.3 is 19.5 Å². The van der Waals surface area contributed by atoms with Gasteiger partial charge in [0.2, 0.25) is 0 Å².